The highest BCUT2D eigenvalue weighted by molar-refractivity contribution is 6.00. The molecule has 0 radical (unpaired) electrons. The lowest BCUT2D eigenvalue weighted by Gasteiger charge is -2.12. The molecule has 2 aromatic heterocycles. The second kappa shape index (κ2) is 5.55. The zero-order valence-electron chi connectivity index (χ0n) is 14.6. The van der Waals surface area contributed by atoms with Crippen LogP contribution >= 0.6 is 0 Å². The fourth-order valence-electron chi connectivity index (χ4n) is 3.36. The van der Waals surface area contributed by atoms with E-state index in [0.717, 1.165) is 33.6 Å². The van der Waals surface area contributed by atoms with Gasteiger partial charge >= 0.3 is 5.63 Å². The summed E-state index contributed by atoms with van der Waals surface area (Å²) in [5.41, 5.74) is 2.51. The van der Waals surface area contributed by atoms with E-state index in [1.807, 2.05) is 26.0 Å². The number of rotatable bonds is 2. The van der Waals surface area contributed by atoms with Crippen LogP contribution in [0.3, 0.4) is 0 Å². The Bertz CT molecular complexity index is 1080. The van der Waals surface area contributed by atoms with E-state index in [0.29, 0.717) is 29.1 Å². The second-order valence-corrected chi connectivity index (χ2v) is 6.13. The van der Waals surface area contributed by atoms with Gasteiger partial charge in [0.1, 0.15) is 17.3 Å². The average molecular weight is 338 g/mol. The van der Waals surface area contributed by atoms with E-state index in [1.54, 1.807) is 13.2 Å². The van der Waals surface area contributed by atoms with Crippen LogP contribution in [-0.2, 0) is 6.42 Å². The number of hydrogen-bond acceptors (Lipinski definition) is 5. The molecule has 0 amide bonds. The van der Waals surface area contributed by atoms with Crippen molar-refractivity contribution in [3.05, 3.63) is 51.8 Å². The number of aryl methyl sites for hydroxylation is 1. The summed E-state index contributed by atoms with van der Waals surface area (Å²) in [7, 11) is 3.11. The van der Waals surface area contributed by atoms with Gasteiger partial charge in [-0.05, 0) is 37.6 Å². The van der Waals surface area contributed by atoms with E-state index in [2.05, 4.69) is 6.08 Å². The van der Waals surface area contributed by atoms with Crippen molar-refractivity contribution in [3.63, 3.8) is 0 Å². The van der Waals surface area contributed by atoms with Gasteiger partial charge in [-0.3, -0.25) is 0 Å². The molecule has 0 atom stereocenters. The van der Waals surface area contributed by atoms with Gasteiger partial charge in [0.25, 0.3) is 0 Å². The summed E-state index contributed by atoms with van der Waals surface area (Å²) in [6, 6.07) is 5.47. The van der Waals surface area contributed by atoms with Crippen LogP contribution in [0.4, 0.5) is 0 Å². The van der Waals surface area contributed by atoms with Crippen molar-refractivity contribution in [2.75, 3.05) is 14.2 Å². The third-order valence-electron chi connectivity index (χ3n) is 4.61. The molecule has 3 aromatic rings. The number of furan rings is 1. The molecule has 5 heteroatoms. The molecule has 0 bridgehead atoms. The van der Waals surface area contributed by atoms with Gasteiger partial charge in [0.05, 0.1) is 25.2 Å². The highest BCUT2D eigenvalue weighted by Gasteiger charge is 2.25. The summed E-state index contributed by atoms with van der Waals surface area (Å²) in [6.07, 6.45) is 2.58. The van der Waals surface area contributed by atoms with E-state index in [9.17, 15) is 4.79 Å². The molecule has 0 fully saturated rings. The fraction of sp³-hybridized carbons (Fsp3) is 0.250. The highest BCUT2D eigenvalue weighted by Crippen LogP contribution is 2.42. The Kier molecular flexibility index (Phi) is 3.46. The molecular weight excluding hydrogens is 320 g/mol. The van der Waals surface area contributed by atoms with E-state index in [-0.39, 0.29) is 0 Å². The van der Waals surface area contributed by atoms with Gasteiger partial charge in [0, 0.05) is 17.4 Å². The minimum absolute atomic E-state index is 0.396. The molecule has 1 aromatic carbocycles. The Morgan fingerprint density at radius 3 is 2.32 bits per heavy atom. The Balaban J connectivity index is 2.17. The minimum Gasteiger partial charge on any atom is -0.493 e. The van der Waals surface area contributed by atoms with Crippen molar-refractivity contribution in [1.29, 1.82) is 0 Å². The summed E-state index contributed by atoms with van der Waals surface area (Å²) in [5.74, 6) is 3.17. The first-order chi connectivity index (χ1) is 12.0. The largest absolute Gasteiger partial charge is 0.493 e. The molecule has 0 saturated heterocycles. The zero-order chi connectivity index (χ0) is 17.7. The van der Waals surface area contributed by atoms with Gasteiger partial charge < -0.3 is 18.3 Å². The maximum Gasteiger partial charge on any atom is 0.344 e. The third kappa shape index (κ3) is 2.27. The molecule has 1 aliphatic carbocycles. The molecule has 4 rings (SSSR count). The number of allylic oxidation sites excluding steroid dienone is 2. The lowest BCUT2D eigenvalue weighted by atomic mass is 10.00. The quantitative estimate of drug-likeness (QED) is 0.695. The first-order valence-corrected chi connectivity index (χ1v) is 8.03. The van der Waals surface area contributed by atoms with Crippen molar-refractivity contribution < 1.29 is 18.3 Å². The molecule has 2 heterocycles. The van der Waals surface area contributed by atoms with Gasteiger partial charge in [0.2, 0.25) is 0 Å². The predicted octanol–water partition coefficient (Wildman–Crippen LogP) is 4.34. The fourth-order valence-corrected chi connectivity index (χ4v) is 3.36. The number of fused-ring (bicyclic) bond motifs is 5. The predicted molar refractivity (Wildman–Crippen MR) is 95.4 cm³/mol. The van der Waals surface area contributed by atoms with Crippen LogP contribution in [0.25, 0.3) is 27.7 Å². The Morgan fingerprint density at radius 2 is 1.64 bits per heavy atom. The van der Waals surface area contributed by atoms with Crippen molar-refractivity contribution in [3.8, 4) is 22.8 Å². The monoisotopic (exact) mass is 338 g/mol. The van der Waals surface area contributed by atoms with Gasteiger partial charge in [-0.2, -0.15) is 0 Å². The standard InChI is InChI=1S/C20H18O5/c1-10-5-6-15-18(19-12(10)7-11(2)24-19)13-8-16(22-3)17(23-4)9-14(13)20(21)25-15/h5,7-9H,6H2,1-4H3. The Morgan fingerprint density at radius 1 is 0.960 bits per heavy atom. The van der Waals surface area contributed by atoms with Gasteiger partial charge in [-0.1, -0.05) is 6.08 Å². The molecule has 0 N–H and O–H groups in total. The number of ether oxygens (including phenoxy) is 2. The Hall–Kier alpha value is -2.95. The summed E-state index contributed by atoms with van der Waals surface area (Å²) in [6.45, 7) is 3.94. The van der Waals surface area contributed by atoms with Gasteiger partial charge in [-0.25, -0.2) is 4.79 Å². The Labute approximate surface area is 144 Å². The van der Waals surface area contributed by atoms with Crippen LogP contribution in [-0.4, -0.2) is 14.2 Å². The minimum atomic E-state index is -0.396. The SMILES string of the molecule is COc1cc2c3c(oc(=O)c2cc1OC)CC=C(C)c1cc(C)oc1-3. The first kappa shape index (κ1) is 15.6. The maximum absolute atomic E-state index is 12.5. The van der Waals surface area contributed by atoms with Crippen LogP contribution in [0.5, 0.6) is 11.5 Å². The number of hydrogen-bond donors (Lipinski definition) is 0. The van der Waals surface area contributed by atoms with E-state index in [1.165, 1.54) is 7.11 Å². The van der Waals surface area contributed by atoms with Crippen molar-refractivity contribution in [2.45, 2.75) is 20.3 Å². The van der Waals surface area contributed by atoms with Crippen molar-refractivity contribution in [2.24, 2.45) is 0 Å². The smallest absolute Gasteiger partial charge is 0.344 e. The topological polar surface area (TPSA) is 61.8 Å². The van der Waals surface area contributed by atoms with Crippen LogP contribution < -0.4 is 15.1 Å². The maximum atomic E-state index is 12.5. The average Bonchev–Trinajstić information content (AvgIpc) is 2.94. The van der Waals surface area contributed by atoms with Gasteiger partial charge in [0.15, 0.2) is 11.5 Å². The number of benzene rings is 1. The van der Waals surface area contributed by atoms with Crippen LogP contribution in [0, 0.1) is 6.92 Å². The molecular formula is C20H18O5. The normalized spacial score (nSPS) is 13.0. The lowest BCUT2D eigenvalue weighted by Crippen LogP contribution is -2.05. The lowest BCUT2D eigenvalue weighted by molar-refractivity contribution is 0.355. The second-order valence-electron chi connectivity index (χ2n) is 6.13. The van der Waals surface area contributed by atoms with E-state index < -0.39 is 5.63 Å². The van der Waals surface area contributed by atoms with Crippen molar-refractivity contribution >= 4 is 16.3 Å². The summed E-state index contributed by atoms with van der Waals surface area (Å²) >= 11 is 0. The number of methoxy groups -OCH3 is 2. The van der Waals surface area contributed by atoms with E-state index >= 15 is 0 Å². The molecule has 0 saturated carbocycles. The molecule has 0 unspecified atom stereocenters. The highest BCUT2D eigenvalue weighted by atomic mass is 16.5. The molecule has 1 aliphatic rings. The van der Waals surface area contributed by atoms with Gasteiger partial charge in [-0.15, -0.1) is 0 Å². The van der Waals surface area contributed by atoms with Crippen LogP contribution in [0.2, 0.25) is 0 Å². The summed E-state index contributed by atoms with van der Waals surface area (Å²) in [5, 5.41) is 1.18. The molecule has 5 nitrogen and oxygen atoms in total. The molecule has 25 heavy (non-hydrogen) atoms. The third-order valence-corrected chi connectivity index (χ3v) is 4.61. The van der Waals surface area contributed by atoms with E-state index in [4.69, 9.17) is 18.3 Å². The molecule has 128 valence electrons. The molecule has 0 aliphatic heterocycles. The summed E-state index contributed by atoms with van der Waals surface area (Å²) in [4.78, 5) is 12.5. The van der Waals surface area contributed by atoms with Crippen LogP contribution in [0.1, 0.15) is 24.0 Å². The summed E-state index contributed by atoms with van der Waals surface area (Å²) < 4.78 is 22.3. The van der Waals surface area contributed by atoms with Crippen LogP contribution in [0.15, 0.2) is 37.9 Å². The van der Waals surface area contributed by atoms with Crippen molar-refractivity contribution in [1.82, 2.24) is 0 Å². The first-order valence-electron chi connectivity index (χ1n) is 8.03. The molecule has 0 spiro atoms. The zero-order valence-corrected chi connectivity index (χ0v) is 14.6.